The van der Waals surface area contributed by atoms with Gasteiger partial charge in [-0.1, -0.05) is 12.1 Å². The number of hydrogen-bond donors (Lipinski definition) is 2. The summed E-state index contributed by atoms with van der Waals surface area (Å²) in [5.41, 5.74) is 2.46. The van der Waals surface area contributed by atoms with Crippen LogP contribution in [0.2, 0.25) is 0 Å². The van der Waals surface area contributed by atoms with Gasteiger partial charge in [-0.05, 0) is 12.1 Å². The van der Waals surface area contributed by atoms with Crippen molar-refractivity contribution in [2.45, 2.75) is 52.2 Å². The van der Waals surface area contributed by atoms with Crippen LogP contribution >= 0.6 is 0 Å². The molecule has 1 amide bonds. The Balaban J connectivity index is 2.22. The second-order valence-electron chi connectivity index (χ2n) is 6.96. The molecule has 0 aliphatic carbocycles. The number of ether oxygens (including phenoxy) is 3. The molecule has 2 rings (SSSR count). The lowest BCUT2D eigenvalue weighted by atomic mass is 10.0. The second kappa shape index (κ2) is 11.2. The summed E-state index contributed by atoms with van der Waals surface area (Å²) in [5, 5.41) is 2.55. The van der Waals surface area contributed by atoms with Crippen molar-refractivity contribution in [3.05, 3.63) is 29.8 Å². The summed E-state index contributed by atoms with van der Waals surface area (Å²) < 4.78 is 15.4. The lowest BCUT2D eigenvalue weighted by Crippen LogP contribution is -2.65. The summed E-state index contributed by atoms with van der Waals surface area (Å²) in [6.07, 6.45) is -2.48. The standard InChI is InChI=1S/C20H24N2O11/c1-11(23)28-10-20(30-13(3)25)9-17(29-12(2)24)18(22-33-20)21-19(27)15-7-5-6-8-16(15)32-31-14(4)26/h5-8,17-18,22H,9-10H2,1-4H3,(H,21,27). The van der Waals surface area contributed by atoms with Gasteiger partial charge in [-0.2, -0.15) is 5.48 Å². The van der Waals surface area contributed by atoms with Crippen molar-refractivity contribution in [3.63, 3.8) is 0 Å². The van der Waals surface area contributed by atoms with Crippen LogP contribution in [0.3, 0.4) is 0 Å². The molecule has 33 heavy (non-hydrogen) atoms. The van der Waals surface area contributed by atoms with Crippen molar-refractivity contribution in [2.24, 2.45) is 0 Å². The van der Waals surface area contributed by atoms with E-state index in [9.17, 15) is 24.0 Å². The molecule has 13 heteroatoms. The average Bonchev–Trinajstić information content (AvgIpc) is 2.72. The number of hydroxylamine groups is 1. The van der Waals surface area contributed by atoms with Gasteiger partial charge >= 0.3 is 23.9 Å². The first-order chi connectivity index (χ1) is 15.5. The average molecular weight is 468 g/mol. The molecule has 0 saturated carbocycles. The van der Waals surface area contributed by atoms with Gasteiger partial charge in [0, 0.05) is 27.7 Å². The maximum Gasteiger partial charge on any atom is 0.352 e. The van der Waals surface area contributed by atoms with E-state index in [1.165, 1.54) is 12.1 Å². The third-order valence-electron chi connectivity index (χ3n) is 4.07. The Labute approximate surface area is 188 Å². The number of carbonyl (C=O) groups is 5. The van der Waals surface area contributed by atoms with E-state index < -0.39 is 54.4 Å². The maximum atomic E-state index is 12.8. The van der Waals surface area contributed by atoms with Gasteiger partial charge in [0.25, 0.3) is 11.7 Å². The van der Waals surface area contributed by atoms with Crippen molar-refractivity contribution in [1.82, 2.24) is 10.8 Å². The minimum atomic E-state index is -1.81. The van der Waals surface area contributed by atoms with Crippen LogP contribution in [0.1, 0.15) is 44.5 Å². The topological polar surface area (TPSA) is 165 Å². The molecule has 1 aromatic carbocycles. The predicted molar refractivity (Wildman–Crippen MR) is 106 cm³/mol. The van der Waals surface area contributed by atoms with Crippen LogP contribution in [-0.2, 0) is 43.1 Å². The minimum absolute atomic E-state index is 0.00105. The number of nitrogens with one attached hydrogen (secondary N) is 2. The van der Waals surface area contributed by atoms with Gasteiger partial charge in [-0.3, -0.25) is 29.0 Å². The van der Waals surface area contributed by atoms with Crippen LogP contribution in [0.25, 0.3) is 0 Å². The molecule has 0 aromatic heterocycles. The third-order valence-corrected chi connectivity index (χ3v) is 4.07. The predicted octanol–water partition coefficient (Wildman–Crippen LogP) is 0.279. The number of para-hydroxylation sites is 1. The molecule has 1 heterocycles. The van der Waals surface area contributed by atoms with E-state index in [1.54, 1.807) is 12.1 Å². The molecule has 3 atom stereocenters. The van der Waals surface area contributed by atoms with E-state index in [-0.39, 0.29) is 17.7 Å². The van der Waals surface area contributed by atoms with E-state index in [0.29, 0.717) is 0 Å². The van der Waals surface area contributed by atoms with Gasteiger partial charge in [-0.25, -0.2) is 9.63 Å². The molecule has 0 radical (unpaired) electrons. The van der Waals surface area contributed by atoms with Gasteiger partial charge in [-0.15, -0.1) is 0 Å². The first-order valence-corrected chi connectivity index (χ1v) is 9.70. The smallest absolute Gasteiger partial charge is 0.352 e. The van der Waals surface area contributed by atoms with Gasteiger partial charge in [0.15, 0.2) is 12.4 Å². The van der Waals surface area contributed by atoms with Crippen molar-refractivity contribution < 1.29 is 52.8 Å². The molecule has 1 aromatic rings. The zero-order chi connectivity index (χ0) is 24.6. The minimum Gasteiger partial charge on any atom is -0.459 e. The fourth-order valence-electron chi connectivity index (χ4n) is 2.86. The van der Waals surface area contributed by atoms with Crippen molar-refractivity contribution in [2.75, 3.05) is 6.61 Å². The zero-order valence-electron chi connectivity index (χ0n) is 18.4. The molecular weight excluding hydrogens is 444 g/mol. The number of esters is 3. The zero-order valence-corrected chi connectivity index (χ0v) is 18.4. The van der Waals surface area contributed by atoms with Gasteiger partial charge < -0.3 is 19.5 Å². The summed E-state index contributed by atoms with van der Waals surface area (Å²) in [5.74, 6) is -5.37. The van der Waals surface area contributed by atoms with Crippen LogP contribution in [0.4, 0.5) is 0 Å². The highest BCUT2D eigenvalue weighted by Gasteiger charge is 2.48. The molecular formula is C20H24N2O11. The monoisotopic (exact) mass is 468 g/mol. The Morgan fingerprint density at radius 3 is 2.33 bits per heavy atom. The van der Waals surface area contributed by atoms with Crippen LogP contribution < -0.4 is 15.7 Å². The highest BCUT2D eigenvalue weighted by Crippen LogP contribution is 2.28. The molecule has 1 aliphatic heterocycles. The van der Waals surface area contributed by atoms with E-state index in [0.717, 1.165) is 27.7 Å². The molecule has 13 nitrogen and oxygen atoms in total. The number of benzene rings is 1. The second-order valence-corrected chi connectivity index (χ2v) is 6.96. The first-order valence-electron chi connectivity index (χ1n) is 9.70. The number of amides is 1. The normalized spacial score (nSPS) is 21.8. The summed E-state index contributed by atoms with van der Waals surface area (Å²) in [6, 6.07) is 5.91. The van der Waals surface area contributed by atoms with Crippen LogP contribution in [0, 0.1) is 0 Å². The Morgan fingerprint density at radius 2 is 1.73 bits per heavy atom. The van der Waals surface area contributed by atoms with Gasteiger partial charge in [0.1, 0.15) is 12.3 Å². The van der Waals surface area contributed by atoms with Crippen molar-refractivity contribution in [1.29, 1.82) is 0 Å². The molecule has 1 aliphatic rings. The molecule has 1 saturated heterocycles. The SMILES string of the molecule is CC(=O)OCC1(OC(C)=O)CC(OC(C)=O)C(NC(=O)c2ccccc2OOC(C)=O)NO1. The maximum absolute atomic E-state index is 12.8. The Kier molecular flexibility index (Phi) is 8.70. The highest BCUT2D eigenvalue weighted by molar-refractivity contribution is 5.97. The van der Waals surface area contributed by atoms with Crippen LogP contribution in [0.15, 0.2) is 24.3 Å². The highest BCUT2D eigenvalue weighted by atomic mass is 17.2. The Hall–Kier alpha value is -3.71. The Morgan fingerprint density at radius 1 is 1.03 bits per heavy atom. The summed E-state index contributed by atoms with van der Waals surface area (Å²) >= 11 is 0. The van der Waals surface area contributed by atoms with Crippen molar-refractivity contribution in [3.8, 4) is 5.75 Å². The van der Waals surface area contributed by atoms with E-state index in [1.807, 2.05) is 0 Å². The number of carbonyl (C=O) groups excluding carboxylic acids is 5. The summed E-state index contributed by atoms with van der Waals surface area (Å²) in [4.78, 5) is 73.1. The fraction of sp³-hybridized carbons (Fsp3) is 0.450. The van der Waals surface area contributed by atoms with Crippen LogP contribution in [0.5, 0.6) is 5.75 Å². The van der Waals surface area contributed by atoms with E-state index >= 15 is 0 Å². The lowest BCUT2D eigenvalue weighted by Gasteiger charge is -2.42. The fourth-order valence-corrected chi connectivity index (χ4v) is 2.86. The summed E-state index contributed by atoms with van der Waals surface area (Å²) in [7, 11) is 0. The molecule has 180 valence electrons. The molecule has 1 fully saturated rings. The Bertz CT molecular complexity index is 919. The van der Waals surface area contributed by atoms with E-state index in [2.05, 4.69) is 15.7 Å². The first kappa shape index (κ1) is 25.5. The summed E-state index contributed by atoms with van der Waals surface area (Å²) in [6.45, 7) is 4.05. The van der Waals surface area contributed by atoms with Gasteiger partial charge in [0.2, 0.25) is 0 Å². The molecule has 0 bridgehead atoms. The van der Waals surface area contributed by atoms with Crippen molar-refractivity contribution >= 4 is 29.8 Å². The van der Waals surface area contributed by atoms with Gasteiger partial charge in [0.05, 0.1) is 12.0 Å². The molecule has 0 spiro atoms. The van der Waals surface area contributed by atoms with Crippen LogP contribution in [-0.4, -0.2) is 54.4 Å². The number of rotatable bonds is 8. The number of hydrogen-bond acceptors (Lipinski definition) is 12. The quantitative estimate of drug-likeness (QED) is 0.232. The largest absolute Gasteiger partial charge is 0.459 e. The molecule has 3 unspecified atom stereocenters. The third kappa shape index (κ3) is 7.73. The van der Waals surface area contributed by atoms with E-state index in [4.69, 9.17) is 23.9 Å². The lowest BCUT2D eigenvalue weighted by molar-refractivity contribution is -0.313. The molecule has 2 N–H and O–H groups in total.